The standard InChI is InChI=1S/C19H22BrN3O3/c20-14-5-6-15-13(12-14)4-3-10-22(15)16(24)7-11-23-17(25)19(21-18(23)26)8-1-2-9-19/h5-6,12H,1-4,7-11H2,(H,21,26). The van der Waals surface area contributed by atoms with Crippen LogP contribution in [0.5, 0.6) is 0 Å². The Balaban J connectivity index is 1.44. The van der Waals surface area contributed by atoms with E-state index in [-0.39, 0.29) is 30.8 Å². The molecule has 1 N–H and O–H groups in total. The SMILES string of the molecule is O=C1NC2(CCCC2)C(=O)N1CCC(=O)N1CCCc2cc(Br)ccc21. The van der Waals surface area contributed by atoms with Gasteiger partial charge in [0.2, 0.25) is 5.91 Å². The lowest BCUT2D eigenvalue weighted by molar-refractivity contribution is -0.131. The number of carbonyl (C=O) groups is 3. The first kappa shape index (κ1) is 17.5. The summed E-state index contributed by atoms with van der Waals surface area (Å²) in [5.74, 6) is -0.197. The maximum atomic E-state index is 12.8. The molecule has 4 amide bonds. The van der Waals surface area contributed by atoms with Gasteiger partial charge in [-0.25, -0.2) is 4.79 Å². The Morgan fingerprint density at radius 2 is 1.96 bits per heavy atom. The number of anilines is 1. The van der Waals surface area contributed by atoms with Crippen LogP contribution in [0.2, 0.25) is 0 Å². The van der Waals surface area contributed by atoms with E-state index in [1.807, 2.05) is 12.1 Å². The van der Waals surface area contributed by atoms with E-state index < -0.39 is 5.54 Å². The molecule has 0 aromatic heterocycles. The first-order valence-electron chi connectivity index (χ1n) is 9.23. The molecule has 6 nitrogen and oxygen atoms in total. The van der Waals surface area contributed by atoms with Crippen LogP contribution in [-0.4, -0.2) is 41.4 Å². The van der Waals surface area contributed by atoms with Gasteiger partial charge >= 0.3 is 6.03 Å². The van der Waals surface area contributed by atoms with Gasteiger partial charge in [-0.2, -0.15) is 0 Å². The average molecular weight is 420 g/mol. The largest absolute Gasteiger partial charge is 0.325 e. The average Bonchev–Trinajstić information content (AvgIpc) is 3.18. The maximum Gasteiger partial charge on any atom is 0.325 e. The topological polar surface area (TPSA) is 69.7 Å². The fourth-order valence-corrected chi connectivity index (χ4v) is 4.77. The summed E-state index contributed by atoms with van der Waals surface area (Å²) < 4.78 is 1.01. The number of nitrogens with zero attached hydrogens (tertiary/aromatic N) is 2. The normalized spacial score (nSPS) is 21.3. The number of fused-ring (bicyclic) bond motifs is 1. The van der Waals surface area contributed by atoms with Crippen molar-refractivity contribution in [1.29, 1.82) is 0 Å². The van der Waals surface area contributed by atoms with Crippen molar-refractivity contribution in [2.45, 2.75) is 50.5 Å². The maximum absolute atomic E-state index is 12.8. The lowest BCUT2D eigenvalue weighted by Gasteiger charge is -2.30. The quantitative estimate of drug-likeness (QED) is 0.765. The third kappa shape index (κ3) is 2.92. The fraction of sp³-hybridized carbons (Fsp3) is 0.526. The molecular formula is C19H22BrN3O3. The van der Waals surface area contributed by atoms with Crippen LogP contribution in [-0.2, 0) is 16.0 Å². The van der Waals surface area contributed by atoms with E-state index in [4.69, 9.17) is 0 Å². The van der Waals surface area contributed by atoms with Crippen molar-refractivity contribution in [2.24, 2.45) is 0 Å². The highest BCUT2D eigenvalue weighted by Crippen LogP contribution is 2.35. The van der Waals surface area contributed by atoms with Gasteiger partial charge in [0, 0.05) is 29.7 Å². The van der Waals surface area contributed by atoms with E-state index >= 15 is 0 Å². The van der Waals surface area contributed by atoms with Crippen molar-refractivity contribution in [3.05, 3.63) is 28.2 Å². The first-order chi connectivity index (χ1) is 12.5. The van der Waals surface area contributed by atoms with Gasteiger partial charge in [0.1, 0.15) is 5.54 Å². The molecule has 1 saturated heterocycles. The number of rotatable bonds is 3. The molecule has 2 aliphatic heterocycles. The number of imide groups is 1. The summed E-state index contributed by atoms with van der Waals surface area (Å²) in [6, 6.07) is 5.59. The second-order valence-electron chi connectivity index (χ2n) is 7.35. The molecule has 7 heteroatoms. The number of urea groups is 1. The van der Waals surface area contributed by atoms with Crippen molar-refractivity contribution in [3.63, 3.8) is 0 Å². The van der Waals surface area contributed by atoms with Gasteiger partial charge in [0.15, 0.2) is 0 Å². The molecule has 3 aliphatic rings. The van der Waals surface area contributed by atoms with E-state index in [9.17, 15) is 14.4 Å². The predicted molar refractivity (Wildman–Crippen MR) is 101 cm³/mol. The summed E-state index contributed by atoms with van der Waals surface area (Å²) in [6.07, 6.45) is 5.35. The van der Waals surface area contributed by atoms with Crippen LogP contribution in [0.25, 0.3) is 0 Å². The molecule has 138 valence electrons. The Bertz CT molecular complexity index is 773. The molecule has 0 unspecified atom stereocenters. The van der Waals surface area contributed by atoms with Crippen LogP contribution in [0.3, 0.4) is 0 Å². The van der Waals surface area contributed by atoms with E-state index in [1.54, 1.807) is 4.90 Å². The smallest absolute Gasteiger partial charge is 0.323 e. The zero-order valence-electron chi connectivity index (χ0n) is 14.6. The van der Waals surface area contributed by atoms with E-state index in [0.717, 1.165) is 41.4 Å². The van der Waals surface area contributed by atoms with Crippen molar-refractivity contribution < 1.29 is 14.4 Å². The Kier molecular flexibility index (Phi) is 4.50. The number of hydrogen-bond acceptors (Lipinski definition) is 3. The number of aryl methyl sites for hydroxylation is 1. The van der Waals surface area contributed by atoms with Gasteiger partial charge < -0.3 is 10.2 Å². The van der Waals surface area contributed by atoms with Crippen LogP contribution in [0, 0.1) is 0 Å². The van der Waals surface area contributed by atoms with Crippen LogP contribution in [0.15, 0.2) is 22.7 Å². The summed E-state index contributed by atoms with van der Waals surface area (Å²) in [5, 5.41) is 2.86. The highest BCUT2D eigenvalue weighted by atomic mass is 79.9. The zero-order valence-corrected chi connectivity index (χ0v) is 16.2. The summed E-state index contributed by atoms with van der Waals surface area (Å²) in [7, 11) is 0. The molecule has 1 saturated carbocycles. The van der Waals surface area contributed by atoms with Gasteiger partial charge in [0.25, 0.3) is 5.91 Å². The molecule has 1 aliphatic carbocycles. The lowest BCUT2D eigenvalue weighted by atomic mass is 9.98. The van der Waals surface area contributed by atoms with E-state index in [2.05, 4.69) is 27.3 Å². The molecule has 1 spiro atoms. The summed E-state index contributed by atoms with van der Waals surface area (Å²) in [6.45, 7) is 0.825. The summed E-state index contributed by atoms with van der Waals surface area (Å²) in [4.78, 5) is 40.7. The molecule has 1 aromatic carbocycles. The van der Waals surface area contributed by atoms with Gasteiger partial charge in [-0.05, 0) is 49.4 Å². The van der Waals surface area contributed by atoms with Crippen LogP contribution in [0.4, 0.5) is 10.5 Å². The summed E-state index contributed by atoms with van der Waals surface area (Å²) >= 11 is 3.47. The van der Waals surface area contributed by atoms with E-state index in [0.29, 0.717) is 19.4 Å². The molecule has 26 heavy (non-hydrogen) atoms. The number of nitrogens with one attached hydrogen (secondary N) is 1. The third-order valence-corrected chi connectivity index (χ3v) is 6.21. The number of halogens is 1. The molecular weight excluding hydrogens is 398 g/mol. The van der Waals surface area contributed by atoms with E-state index in [1.165, 1.54) is 4.90 Å². The van der Waals surface area contributed by atoms with Crippen LogP contribution >= 0.6 is 15.9 Å². The second-order valence-corrected chi connectivity index (χ2v) is 8.26. The fourth-order valence-electron chi connectivity index (χ4n) is 4.36. The highest BCUT2D eigenvalue weighted by Gasteiger charge is 2.52. The minimum atomic E-state index is -0.704. The number of hydrogen-bond donors (Lipinski definition) is 1. The number of benzene rings is 1. The molecule has 1 aromatic rings. The molecule has 2 heterocycles. The second kappa shape index (κ2) is 6.68. The first-order valence-corrected chi connectivity index (χ1v) is 10.0. The van der Waals surface area contributed by atoms with Gasteiger partial charge in [-0.3, -0.25) is 14.5 Å². The molecule has 0 radical (unpaired) electrons. The van der Waals surface area contributed by atoms with Crippen molar-refractivity contribution in [3.8, 4) is 0 Å². The van der Waals surface area contributed by atoms with Gasteiger partial charge in [0.05, 0.1) is 0 Å². The minimum Gasteiger partial charge on any atom is -0.323 e. The van der Waals surface area contributed by atoms with Crippen LogP contribution in [0.1, 0.15) is 44.1 Å². The van der Waals surface area contributed by atoms with Gasteiger partial charge in [-0.1, -0.05) is 28.8 Å². The van der Waals surface area contributed by atoms with Crippen molar-refractivity contribution in [1.82, 2.24) is 10.2 Å². The Morgan fingerprint density at radius 1 is 1.19 bits per heavy atom. The Hall–Kier alpha value is -1.89. The number of carbonyl (C=O) groups excluding carboxylic acids is 3. The monoisotopic (exact) mass is 419 g/mol. The van der Waals surface area contributed by atoms with Crippen molar-refractivity contribution >= 4 is 39.5 Å². The third-order valence-electron chi connectivity index (χ3n) is 5.71. The zero-order chi connectivity index (χ0) is 18.3. The number of amides is 4. The highest BCUT2D eigenvalue weighted by molar-refractivity contribution is 9.10. The van der Waals surface area contributed by atoms with Gasteiger partial charge in [-0.15, -0.1) is 0 Å². The minimum absolute atomic E-state index is 0.0405. The molecule has 0 atom stereocenters. The molecule has 4 rings (SSSR count). The van der Waals surface area contributed by atoms with Crippen LogP contribution < -0.4 is 10.2 Å². The van der Waals surface area contributed by atoms with Crippen molar-refractivity contribution in [2.75, 3.05) is 18.0 Å². The Morgan fingerprint density at radius 3 is 2.73 bits per heavy atom. The summed E-state index contributed by atoms with van der Waals surface area (Å²) in [5.41, 5.74) is 1.39. The molecule has 0 bridgehead atoms. The molecule has 2 fully saturated rings. The lowest BCUT2D eigenvalue weighted by Crippen LogP contribution is -2.44. The predicted octanol–water partition coefficient (Wildman–Crippen LogP) is 2.98. The Labute approximate surface area is 161 Å².